The molecule has 0 aromatic carbocycles. The van der Waals surface area contributed by atoms with Crippen LogP contribution in [0, 0.1) is 0 Å². The topological polar surface area (TPSA) is 83.6 Å². The van der Waals surface area contributed by atoms with Crippen molar-refractivity contribution in [3.63, 3.8) is 0 Å². The first kappa shape index (κ1) is 16.7. The smallest absolute Gasteiger partial charge is 0.406 e. The zero-order valence-electron chi connectivity index (χ0n) is 10.0. The summed E-state index contributed by atoms with van der Waals surface area (Å²) in [5.74, 6) is -2.49. The first-order valence-corrected chi connectivity index (χ1v) is 5.50. The molecule has 0 saturated heterocycles. The maximum absolute atomic E-state index is 12.2. The summed E-state index contributed by atoms with van der Waals surface area (Å²) in [4.78, 5) is 22.3. The second-order valence-electron chi connectivity index (χ2n) is 3.95. The number of unbranched alkanes of at least 4 members (excludes halogenated alkanes) is 1. The molecule has 0 aliphatic carbocycles. The van der Waals surface area contributed by atoms with Gasteiger partial charge in [-0.1, -0.05) is 19.8 Å². The third kappa shape index (κ3) is 7.10. The fourth-order valence-electron chi connectivity index (χ4n) is 1.37. The summed E-state index contributed by atoms with van der Waals surface area (Å²) in [6, 6.07) is -1.09. The van der Waals surface area contributed by atoms with E-state index in [2.05, 4.69) is 0 Å². The van der Waals surface area contributed by atoms with Crippen molar-refractivity contribution in [1.82, 2.24) is 4.90 Å². The van der Waals surface area contributed by atoms with Crippen molar-refractivity contribution in [2.75, 3.05) is 13.1 Å². The van der Waals surface area contributed by atoms with Gasteiger partial charge >= 0.3 is 12.1 Å². The second kappa shape index (κ2) is 7.20. The number of alkyl halides is 3. The molecule has 0 fully saturated rings. The highest BCUT2D eigenvalue weighted by Crippen LogP contribution is 2.17. The van der Waals surface area contributed by atoms with Gasteiger partial charge in [-0.15, -0.1) is 0 Å². The van der Waals surface area contributed by atoms with E-state index in [9.17, 15) is 22.8 Å². The summed E-state index contributed by atoms with van der Waals surface area (Å²) in [5, 5.41) is 8.49. The molecule has 3 N–H and O–H groups in total. The van der Waals surface area contributed by atoms with E-state index in [-0.39, 0.29) is 11.3 Å². The van der Waals surface area contributed by atoms with Crippen molar-refractivity contribution in [3.05, 3.63) is 0 Å². The number of nitrogens with two attached hydrogens (primary N) is 1. The maximum Gasteiger partial charge on any atom is 0.406 e. The Morgan fingerprint density at radius 3 is 2.33 bits per heavy atom. The van der Waals surface area contributed by atoms with Gasteiger partial charge in [0.05, 0.1) is 6.04 Å². The average molecular weight is 270 g/mol. The molecule has 0 bridgehead atoms. The Balaban J connectivity index is 4.63. The number of carboxylic acid groups (broad SMARTS) is 1. The standard InChI is InChI=1S/C10H17F3N2O3/c1-2-3-4-7(14)9(18)15(5-8(16)17)6-10(11,12)13/h7H,2-6,14H2,1H3,(H,16,17). The third-order valence-corrected chi connectivity index (χ3v) is 2.19. The van der Waals surface area contributed by atoms with Crippen LogP contribution in [0.3, 0.4) is 0 Å². The first-order valence-electron chi connectivity index (χ1n) is 5.50. The first-order chi connectivity index (χ1) is 8.17. The van der Waals surface area contributed by atoms with Crippen LogP contribution < -0.4 is 5.73 Å². The molecular weight excluding hydrogens is 253 g/mol. The number of carbonyl (C=O) groups is 2. The summed E-state index contributed by atoms with van der Waals surface area (Å²) in [6.45, 7) is -0.752. The highest BCUT2D eigenvalue weighted by atomic mass is 19.4. The average Bonchev–Trinajstić information content (AvgIpc) is 2.21. The molecule has 0 heterocycles. The number of halogens is 3. The van der Waals surface area contributed by atoms with Crippen molar-refractivity contribution < 1.29 is 27.9 Å². The number of rotatable bonds is 7. The normalized spacial score (nSPS) is 13.2. The zero-order chi connectivity index (χ0) is 14.3. The van der Waals surface area contributed by atoms with Crippen LogP contribution in [0.4, 0.5) is 13.2 Å². The van der Waals surface area contributed by atoms with E-state index in [1.54, 1.807) is 0 Å². The van der Waals surface area contributed by atoms with Gasteiger partial charge in [0.1, 0.15) is 13.1 Å². The van der Waals surface area contributed by atoms with Crippen LogP contribution >= 0.6 is 0 Å². The van der Waals surface area contributed by atoms with Crippen LogP contribution in [-0.2, 0) is 9.59 Å². The minimum atomic E-state index is -4.64. The van der Waals surface area contributed by atoms with Gasteiger partial charge in [0.15, 0.2) is 0 Å². The van der Waals surface area contributed by atoms with Crippen LogP contribution in [0.5, 0.6) is 0 Å². The molecule has 18 heavy (non-hydrogen) atoms. The fraction of sp³-hybridized carbons (Fsp3) is 0.800. The van der Waals surface area contributed by atoms with Crippen molar-refractivity contribution in [2.45, 2.75) is 38.4 Å². The van der Waals surface area contributed by atoms with Crippen LogP contribution in [0.25, 0.3) is 0 Å². The Hall–Kier alpha value is -1.31. The molecule has 0 rings (SSSR count). The largest absolute Gasteiger partial charge is 0.480 e. The number of hydrogen-bond donors (Lipinski definition) is 2. The number of carboxylic acids is 1. The third-order valence-electron chi connectivity index (χ3n) is 2.19. The summed E-state index contributed by atoms with van der Waals surface area (Å²) in [6.07, 6.45) is -3.06. The Morgan fingerprint density at radius 2 is 1.94 bits per heavy atom. The molecule has 0 aliphatic rings. The summed E-state index contributed by atoms with van der Waals surface area (Å²) < 4.78 is 36.6. The molecule has 0 aliphatic heterocycles. The lowest BCUT2D eigenvalue weighted by Gasteiger charge is -2.25. The molecule has 0 saturated carbocycles. The Labute approximate surface area is 103 Å². The van der Waals surface area contributed by atoms with Crippen LogP contribution in [0.15, 0.2) is 0 Å². The van der Waals surface area contributed by atoms with E-state index in [1.807, 2.05) is 6.92 Å². The SMILES string of the molecule is CCCCC(N)C(=O)N(CC(=O)O)CC(F)(F)F. The highest BCUT2D eigenvalue weighted by molar-refractivity contribution is 5.85. The molecule has 1 atom stereocenters. The number of hydrogen-bond acceptors (Lipinski definition) is 3. The molecular formula is C10H17F3N2O3. The van der Waals surface area contributed by atoms with E-state index in [0.717, 1.165) is 6.42 Å². The summed E-state index contributed by atoms with van der Waals surface area (Å²) in [5.41, 5.74) is 5.45. The number of carbonyl (C=O) groups excluding carboxylic acids is 1. The Kier molecular flexibility index (Phi) is 6.67. The summed E-state index contributed by atoms with van der Waals surface area (Å²) >= 11 is 0. The van der Waals surface area contributed by atoms with Crippen molar-refractivity contribution >= 4 is 11.9 Å². The number of aliphatic carboxylic acids is 1. The molecule has 1 amide bonds. The quantitative estimate of drug-likeness (QED) is 0.722. The molecule has 8 heteroatoms. The molecule has 0 radical (unpaired) electrons. The van der Waals surface area contributed by atoms with E-state index >= 15 is 0 Å². The van der Waals surface area contributed by atoms with Gasteiger partial charge in [0, 0.05) is 0 Å². The zero-order valence-corrected chi connectivity index (χ0v) is 10.0. The van der Waals surface area contributed by atoms with Gasteiger partial charge in [0.25, 0.3) is 0 Å². The lowest BCUT2D eigenvalue weighted by molar-refractivity contribution is -0.166. The van der Waals surface area contributed by atoms with Crippen LogP contribution in [0.1, 0.15) is 26.2 Å². The Bertz CT molecular complexity index is 295. The maximum atomic E-state index is 12.2. The van der Waals surface area contributed by atoms with Gasteiger partial charge in [-0.05, 0) is 6.42 Å². The fourth-order valence-corrected chi connectivity index (χ4v) is 1.37. The van der Waals surface area contributed by atoms with Crippen molar-refractivity contribution in [1.29, 1.82) is 0 Å². The minimum absolute atomic E-state index is 0.225. The van der Waals surface area contributed by atoms with E-state index in [4.69, 9.17) is 10.8 Å². The van der Waals surface area contributed by atoms with Gasteiger partial charge in [0.2, 0.25) is 5.91 Å². The Morgan fingerprint density at radius 1 is 1.39 bits per heavy atom. The van der Waals surface area contributed by atoms with Crippen molar-refractivity contribution in [2.24, 2.45) is 5.73 Å². The number of nitrogens with zero attached hydrogens (tertiary/aromatic N) is 1. The van der Waals surface area contributed by atoms with Gasteiger partial charge in [-0.25, -0.2) is 0 Å². The van der Waals surface area contributed by atoms with Gasteiger partial charge in [-0.2, -0.15) is 13.2 Å². The number of amides is 1. The summed E-state index contributed by atoms with van der Waals surface area (Å²) in [7, 11) is 0. The van der Waals surface area contributed by atoms with Crippen molar-refractivity contribution in [3.8, 4) is 0 Å². The molecule has 1 unspecified atom stereocenters. The monoisotopic (exact) mass is 270 g/mol. The van der Waals surface area contributed by atoms with E-state index < -0.39 is 37.2 Å². The van der Waals surface area contributed by atoms with E-state index in [1.165, 1.54) is 0 Å². The van der Waals surface area contributed by atoms with Gasteiger partial charge in [-0.3, -0.25) is 9.59 Å². The molecule has 0 aromatic rings. The predicted molar refractivity (Wildman–Crippen MR) is 57.8 cm³/mol. The highest BCUT2D eigenvalue weighted by Gasteiger charge is 2.35. The van der Waals surface area contributed by atoms with Gasteiger partial charge < -0.3 is 15.7 Å². The van der Waals surface area contributed by atoms with Crippen LogP contribution in [-0.4, -0.2) is 47.2 Å². The predicted octanol–water partition coefficient (Wildman–Crippen LogP) is 0.979. The molecule has 5 nitrogen and oxygen atoms in total. The molecule has 0 aromatic heterocycles. The minimum Gasteiger partial charge on any atom is -0.480 e. The molecule has 106 valence electrons. The van der Waals surface area contributed by atoms with Crippen LogP contribution in [0.2, 0.25) is 0 Å². The second-order valence-corrected chi connectivity index (χ2v) is 3.95. The van der Waals surface area contributed by atoms with E-state index in [0.29, 0.717) is 6.42 Å². The lowest BCUT2D eigenvalue weighted by atomic mass is 10.1. The lowest BCUT2D eigenvalue weighted by Crippen LogP contribution is -2.49. The molecule has 0 spiro atoms.